The summed E-state index contributed by atoms with van der Waals surface area (Å²) < 4.78 is 0. The summed E-state index contributed by atoms with van der Waals surface area (Å²) in [5.74, 6) is 0.233. The SMILES string of the molecule is CCCCCCCCCCCCCCCC(=O)NCCN(C)CCCC. The van der Waals surface area contributed by atoms with Crippen molar-refractivity contribution < 1.29 is 4.79 Å². The molecule has 0 aromatic rings. The van der Waals surface area contributed by atoms with Crippen LogP contribution < -0.4 is 5.32 Å². The molecule has 0 radical (unpaired) electrons. The van der Waals surface area contributed by atoms with E-state index in [9.17, 15) is 4.79 Å². The number of rotatable bonds is 20. The van der Waals surface area contributed by atoms with Crippen LogP contribution >= 0.6 is 0 Å². The Morgan fingerprint density at radius 1 is 0.654 bits per heavy atom. The van der Waals surface area contributed by atoms with Crippen molar-refractivity contribution in [3.63, 3.8) is 0 Å². The number of carbonyl (C=O) groups excluding carboxylic acids is 1. The Hall–Kier alpha value is -0.570. The maximum atomic E-state index is 11.8. The first kappa shape index (κ1) is 25.4. The molecule has 1 N–H and O–H groups in total. The van der Waals surface area contributed by atoms with Gasteiger partial charge in [0.2, 0.25) is 5.91 Å². The minimum atomic E-state index is 0.233. The second kappa shape index (κ2) is 20.7. The van der Waals surface area contributed by atoms with E-state index < -0.39 is 0 Å². The van der Waals surface area contributed by atoms with Crippen molar-refractivity contribution in [1.29, 1.82) is 0 Å². The van der Waals surface area contributed by atoms with Gasteiger partial charge in [0.25, 0.3) is 0 Å². The minimum Gasteiger partial charge on any atom is -0.355 e. The van der Waals surface area contributed by atoms with Gasteiger partial charge in [0, 0.05) is 19.5 Å². The summed E-state index contributed by atoms with van der Waals surface area (Å²) in [6, 6.07) is 0. The Balaban J connectivity index is 3.21. The van der Waals surface area contributed by atoms with E-state index in [1.165, 1.54) is 89.9 Å². The van der Waals surface area contributed by atoms with Crippen molar-refractivity contribution in [2.75, 3.05) is 26.7 Å². The molecule has 0 fully saturated rings. The number of likely N-dealkylation sites (N-methyl/N-ethyl adjacent to an activating group) is 1. The smallest absolute Gasteiger partial charge is 0.220 e. The normalized spacial score (nSPS) is 11.2. The number of unbranched alkanes of at least 4 members (excludes halogenated alkanes) is 13. The van der Waals surface area contributed by atoms with Crippen LogP contribution in [0.25, 0.3) is 0 Å². The minimum absolute atomic E-state index is 0.233. The highest BCUT2D eigenvalue weighted by Crippen LogP contribution is 2.12. The number of hydrogen-bond donors (Lipinski definition) is 1. The van der Waals surface area contributed by atoms with Gasteiger partial charge in [0.15, 0.2) is 0 Å². The van der Waals surface area contributed by atoms with Crippen LogP contribution in [0.2, 0.25) is 0 Å². The number of hydrogen-bond acceptors (Lipinski definition) is 2. The van der Waals surface area contributed by atoms with E-state index in [2.05, 4.69) is 31.1 Å². The molecule has 0 aliphatic carbocycles. The van der Waals surface area contributed by atoms with Crippen molar-refractivity contribution in [1.82, 2.24) is 10.2 Å². The monoisotopic (exact) mass is 368 g/mol. The Morgan fingerprint density at radius 3 is 1.62 bits per heavy atom. The Kier molecular flexibility index (Phi) is 20.3. The molecule has 26 heavy (non-hydrogen) atoms. The quantitative estimate of drug-likeness (QED) is 0.255. The highest BCUT2D eigenvalue weighted by molar-refractivity contribution is 5.75. The largest absolute Gasteiger partial charge is 0.355 e. The number of nitrogens with one attached hydrogen (secondary N) is 1. The molecule has 156 valence electrons. The van der Waals surface area contributed by atoms with Gasteiger partial charge >= 0.3 is 0 Å². The molecule has 1 amide bonds. The van der Waals surface area contributed by atoms with E-state index in [4.69, 9.17) is 0 Å². The van der Waals surface area contributed by atoms with Gasteiger partial charge < -0.3 is 10.2 Å². The molecule has 0 atom stereocenters. The molecule has 0 heterocycles. The maximum Gasteiger partial charge on any atom is 0.220 e. The third-order valence-corrected chi connectivity index (χ3v) is 5.22. The zero-order valence-corrected chi connectivity index (χ0v) is 18.3. The van der Waals surface area contributed by atoms with Crippen LogP contribution in [0.4, 0.5) is 0 Å². The lowest BCUT2D eigenvalue weighted by Crippen LogP contribution is -2.33. The molecular weight excluding hydrogens is 320 g/mol. The van der Waals surface area contributed by atoms with Gasteiger partial charge in [-0.15, -0.1) is 0 Å². The van der Waals surface area contributed by atoms with Gasteiger partial charge in [0.1, 0.15) is 0 Å². The van der Waals surface area contributed by atoms with Crippen LogP contribution in [0.5, 0.6) is 0 Å². The topological polar surface area (TPSA) is 32.3 Å². The molecule has 3 nitrogen and oxygen atoms in total. The number of nitrogens with zero attached hydrogens (tertiary/aromatic N) is 1. The lowest BCUT2D eigenvalue weighted by molar-refractivity contribution is -0.121. The van der Waals surface area contributed by atoms with Gasteiger partial charge in [-0.05, 0) is 26.4 Å². The van der Waals surface area contributed by atoms with Crippen molar-refractivity contribution in [2.24, 2.45) is 0 Å². The second-order valence-corrected chi connectivity index (χ2v) is 8.00. The standard InChI is InChI=1S/C23H48N2O/c1-4-6-8-9-10-11-12-13-14-15-16-17-18-19-23(26)24-20-22-25(3)21-7-5-2/h4-22H2,1-3H3,(H,24,26). The molecule has 0 unspecified atom stereocenters. The first-order chi connectivity index (χ1) is 12.7. The molecule has 0 aliphatic rings. The summed E-state index contributed by atoms with van der Waals surface area (Å²) in [5, 5.41) is 3.05. The maximum absolute atomic E-state index is 11.8. The Bertz CT molecular complexity index is 294. The van der Waals surface area contributed by atoms with E-state index in [0.717, 1.165) is 26.1 Å². The highest BCUT2D eigenvalue weighted by Gasteiger charge is 2.02. The fourth-order valence-corrected chi connectivity index (χ4v) is 3.32. The molecular formula is C23H48N2O. The molecule has 0 saturated heterocycles. The summed E-state index contributed by atoms with van der Waals surface area (Å²) in [5.41, 5.74) is 0. The van der Waals surface area contributed by atoms with Gasteiger partial charge in [-0.25, -0.2) is 0 Å². The number of carbonyl (C=O) groups is 1. The zero-order chi connectivity index (χ0) is 19.3. The number of amides is 1. The molecule has 0 aliphatic heterocycles. The zero-order valence-electron chi connectivity index (χ0n) is 18.3. The van der Waals surface area contributed by atoms with Crippen LogP contribution in [0.3, 0.4) is 0 Å². The molecule has 0 aromatic heterocycles. The van der Waals surface area contributed by atoms with E-state index in [1.54, 1.807) is 0 Å². The predicted octanol–water partition coefficient (Wildman–Crippen LogP) is 6.32. The summed E-state index contributed by atoms with van der Waals surface area (Å²) in [7, 11) is 2.13. The van der Waals surface area contributed by atoms with Crippen molar-refractivity contribution in [2.45, 2.75) is 117 Å². The van der Waals surface area contributed by atoms with Gasteiger partial charge in [-0.2, -0.15) is 0 Å². The summed E-state index contributed by atoms with van der Waals surface area (Å²) in [6.07, 6.45) is 20.8. The lowest BCUT2D eigenvalue weighted by atomic mass is 10.0. The average molecular weight is 369 g/mol. The Morgan fingerprint density at radius 2 is 1.12 bits per heavy atom. The lowest BCUT2D eigenvalue weighted by Gasteiger charge is -2.16. The van der Waals surface area contributed by atoms with Crippen molar-refractivity contribution in [3.05, 3.63) is 0 Å². The molecule has 0 saturated carbocycles. The first-order valence-electron chi connectivity index (χ1n) is 11.7. The van der Waals surface area contributed by atoms with Crippen molar-refractivity contribution >= 4 is 5.91 Å². The van der Waals surface area contributed by atoms with E-state index in [1.807, 2.05) is 0 Å². The molecule has 0 aromatic carbocycles. The summed E-state index contributed by atoms with van der Waals surface area (Å²) in [6.45, 7) is 7.37. The predicted molar refractivity (Wildman–Crippen MR) is 116 cm³/mol. The summed E-state index contributed by atoms with van der Waals surface area (Å²) in [4.78, 5) is 14.1. The highest BCUT2D eigenvalue weighted by atomic mass is 16.1. The van der Waals surface area contributed by atoms with Crippen LogP contribution in [0.15, 0.2) is 0 Å². The molecule has 0 spiro atoms. The van der Waals surface area contributed by atoms with Crippen molar-refractivity contribution in [3.8, 4) is 0 Å². The fourth-order valence-electron chi connectivity index (χ4n) is 3.32. The van der Waals surface area contributed by atoms with Crippen LogP contribution in [0, 0.1) is 0 Å². The van der Waals surface area contributed by atoms with E-state index in [0.29, 0.717) is 6.42 Å². The van der Waals surface area contributed by atoms with Crippen LogP contribution in [-0.4, -0.2) is 37.5 Å². The second-order valence-electron chi connectivity index (χ2n) is 8.00. The molecule has 0 bridgehead atoms. The summed E-state index contributed by atoms with van der Waals surface area (Å²) >= 11 is 0. The van der Waals surface area contributed by atoms with Gasteiger partial charge in [-0.3, -0.25) is 4.79 Å². The molecule has 0 rings (SSSR count). The fraction of sp³-hybridized carbons (Fsp3) is 0.957. The molecule has 3 heteroatoms. The Labute approximate surface area is 164 Å². The van der Waals surface area contributed by atoms with Gasteiger partial charge in [-0.1, -0.05) is 97.3 Å². The van der Waals surface area contributed by atoms with E-state index in [-0.39, 0.29) is 5.91 Å². The van der Waals surface area contributed by atoms with E-state index >= 15 is 0 Å². The third kappa shape index (κ3) is 19.8. The average Bonchev–Trinajstić information content (AvgIpc) is 2.63. The van der Waals surface area contributed by atoms with Crippen LogP contribution in [0.1, 0.15) is 117 Å². The first-order valence-corrected chi connectivity index (χ1v) is 11.7. The van der Waals surface area contributed by atoms with Gasteiger partial charge in [0.05, 0.1) is 0 Å². The third-order valence-electron chi connectivity index (χ3n) is 5.22. The van der Waals surface area contributed by atoms with Crippen LogP contribution in [-0.2, 0) is 4.79 Å².